The third kappa shape index (κ3) is 8.54. The first-order valence-corrected chi connectivity index (χ1v) is 13.4. The minimum Gasteiger partial charge on any atom is -0.492 e. The van der Waals surface area contributed by atoms with Crippen LogP contribution in [0.5, 0.6) is 5.75 Å². The Morgan fingerprint density at radius 1 is 1.05 bits per heavy atom. The molecule has 1 fully saturated rings. The Kier molecular flexibility index (Phi) is 10.3. The quantitative estimate of drug-likeness (QED) is 0.440. The number of imidazole rings is 1. The summed E-state index contributed by atoms with van der Waals surface area (Å²) in [5.74, 6) is -0.735. The number of benzene rings is 1. The highest BCUT2D eigenvalue weighted by Crippen LogP contribution is 2.18. The van der Waals surface area contributed by atoms with Crippen LogP contribution < -0.4 is 20.7 Å². The van der Waals surface area contributed by atoms with E-state index in [2.05, 4.69) is 25.9 Å². The van der Waals surface area contributed by atoms with Gasteiger partial charge in [-0.2, -0.15) is 0 Å². The van der Waals surface area contributed by atoms with Gasteiger partial charge in [-0.3, -0.25) is 19.2 Å². The second-order valence-corrected chi connectivity index (χ2v) is 9.68. The Bertz CT molecular complexity index is 1120. The molecule has 3 heterocycles. The van der Waals surface area contributed by atoms with Gasteiger partial charge in [0.25, 0.3) is 5.91 Å². The van der Waals surface area contributed by atoms with Crippen molar-refractivity contribution in [2.75, 3.05) is 46.0 Å². The predicted molar refractivity (Wildman–Crippen MR) is 141 cm³/mol. The number of aromatic nitrogens is 2. The van der Waals surface area contributed by atoms with E-state index in [0.29, 0.717) is 69.0 Å². The van der Waals surface area contributed by atoms with Crippen LogP contribution in [-0.2, 0) is 25.5 Å². The van der Waals surface area contributed by atoms with Crippen LogP contribution in [0.3, 0.4) is 0 Å². The van der Waals surface area contributed by atoms with Gasteiger partial charge in [-0.1, -0.05) is 6.07 Å². The van der Waals surface area contributed by atoms with Crippen LogP contribution >= 0.6 is 0 Å². The molecular formula is C27H36N6O6. The van der Waals surface area contributed by atoms with Crippen LogP contribution in [0.1, 0.15) is 41.7 Å². The summed E-state index contributed by atoms with van der Waals surface area (Å²) in [5.41, 5.74) is 1.06. The maximum absolute atomic E-state index is 13.2. The fourth-order valence-electron chi connectivity index (χ4n) is 4.62. The second kappa shape index (κ2) is 14.3. The van der Waals surface area contributed by atoms with E-state index in [1.54, 1.807) is 35.4 Å². The number of H-pyrrole nitrogens is 1. The smallest absolute Gasteiger partial charge is 0.252 e. The summed E-state index contributed by atoms with van der Waals surface area (Å²) in [4.78, 5) is 60.5. The van der Waals surface area contributed by atoms with Crippen molar-refractivity contribution in [3.63, 3.8) is 0 Å². The molecule has 2 aliphatic rings. The second-order valence-electron chi connectivity index (χ2n) is 9.68. The summed E-state index contributed by atoms with van der Waals surface area (Å²) < 4.78 is 11.1. The number of nitrogens with zero attached hydrogens (tertiary/aromatic N) is 2. The van der Waals surface area contributed by atoms with Crippen LogP contribution in [0.2, 0.25) is 0 Å². The molecule has 1 atom stereocenters. The Morgan fingerprint density at radius 2 is 1.90 bits per heavy atom. The maximum atomic E-state index is 13.2. The predicted octanol–water partition coefficient (Wildman–Crippen LogP) is 0.411. The molecule has 2 bridgehead atoms. The Hall–Kier alpha value is -3.93. The molecule has 0 radical (unpaired) electrons. The highest BCUT2D eigenvalue weighted by molar-refractivity contribution is 5.98. The molecule has 4 amide bonds. The van der Waals surface area contributed by atoms with Gasteiger partial charge in [-0.15, -0.1) is 0 Å². The number of aromatic amines is 1. The molecule has 12 nitrogen and oxygen atoms in total. The highest BCUT2D eigenvalue weighted by Gasteiger charge is 2.28. The number of carbonyl (C=O) groups is 4. The van der Waals surface area contributed by atoms with E-state index in [9.17, 15) is 19.2 Å². The average Bonchev–Trinajstić information content (AvgIpc) is 3.47. The van der Waals surface area contributed by atoms with Crippen molar-refractivity contribution in [3.8, 4) is 5.75 Å². The number of amides is 4. The molecule has 210 valence electrons. The fraction of sp³-hybridized carbons (Fsp3) is 0.519. The Morgan fingerprint density at radius 3 is 2.69 bits per heavy atom. The average molecular weight is 541 g/mol. The molecule has 2 aromatic rings. The number of hydrogen-bond donors (Lipinski definition) is 4. The number of nitrogens with one attached hydrogen (secondary N) is 4. The van der Waals surface area contributed by atoms with Gasteiger partial charge < -0.3 is 35.3 Å². The van der Waals surface area contributed by atoms with E-state index in [1.165, 1.54) is 6.33 Å². The molecule has 1 aromatic carbocycles. The zero-order chi connectivity index (χ0) is 27.5. The van der Waals surface area contributed by atoms with Crippen LogP contribution in [0.4, 0.5) is 0 Å². The molecule has 0 spiro atoms. The summed E-state index contributed by atoms with van der Waals surface area (Å²) in [6, 6.07) is 5.81. The van der Waals surface area contributed by atoms with Gasteiger partial charge in [0, 0.05) is 56.1 Å². The molecule has 0 aliphatic carbocycles. The minimum atomic E-state index is -0.821. The number of ether oxygens (including phenoxy) is 2. The van der Waals surface area contributed by atoms with Crippen molar-refractivity contribution in [3.05, 3.63) is 48.0 Å². The Balaban J connectivity index is 1.46. The monoisotopic (exact) mass is 540 g/mol. The number of fused-ring (bicyclic) bond motifs is 2. The van der Waals surface area contributed by atoms with Crippen molar-refractivity contribution in [2.24, 2.45) is 5.92 Å². The summed E-state index contributed by atoms with van der Waals surface area (Å²) in [6.07, 6.45) is 5.87. The van der Waals surface area contributed by atoms with E-state index >= 15 is 0 Å². The molecule has 1 saturated heterocycles. The number of carbonyl (C=O) groups excluding carboxylic acids is 4. The lowest BCUT2D eigenvalue weighted by Gasteiger charge is -2.29. The number of rotatable bonds is 3. The normalized spacial score (nSPS) is 20.9. The summed E-state index contributed by atoms with van der Waals surface area (Å²) in [6.45, 7) is 2.24. The van der Waals surface area contributed by atoms with Gasteiger partial charge in [-0.25, -0.2) is 4.98 Å². The standard InChI is InChI=1S/C27H36N6O6/c34-24-17-33(27(37)19-6-11-38-12-7-19)10-2-1-8-30-26(36)23(15-21-16-28-18-31-21)32-25(35)20-4-3-5-22(14-20)39-13-9-29-24/h3-5,14,16,18-19,23H,1-2,6-13,15,17H2,(H,28,31)(H,29,34)(H,30,36)(H,32,35)/t23-/m0/s1. The van der Waals surface area contributed by atoms with Crippen molar-refractivity contribution in [1.82, 2.24) is 30.8 Å². The van der Waals surface area contributed by atoms with E-state index in [4.69, 9.17) is 9.47 Å². The molecular weight excluding hydrogens is 504 g/mol. The molecule has 39 heavy (non-hydrogen) atoms. The first-order chi connectivity index (χ1) is 19.0. The van der Waals surface area contributed by atoms with Gasteiger partial charge >= 0.3 is 0 Å². The van der Waals surface area contributed by atoms with Crippen LogP contribution in [-0.4, -0.2) is 90.5 Å². The lowest BCUT2D eigenvalue weighted by molar-refractivity contribution is -0.142. The van der Waals surface area contributed by atoms with E-state index in [-0.39, 0.29) is 49.8 Å². The highest BCUT2D eigenvalue weighted by atomic mass is 16.5. The van der Waals surface area contributed by atoms with Gasteiger partial charge in [0.05, 0.1) is 19.4 Å². The van der Waals surface area contributed by atoms with Crippen LogP contribution in [0.15, 0.2) is 36.8 Å². The van der Waals surface area contributed by atoms with Crippen LogP contribution in [0.25, 0.3) is 0 Å². The van der Waals surface area contributed by atoms with Gasteiger partial charge in [0.2, 0.25) is 17.7 Å². The van der Waals surface area contributed by atoms with Crippen LogP contribution in [0, 0.1) is 5.92 Å². The topological polar surface area (TPSA) is 155 Å². The first-order valence-electron chi connectivity index (χ1n) is 13.4. The lowest BCUT2D eigenvalue weighted by atomic mass is 9.98. The van der Waals surface area contributed by atoms with Crippen molar-refractivity contribution < 1.29 is 28.7 Å². The number of hydrogen-bond acceptors (Lipinski definition) is 7. The largest absolute Gasteiger partial charge is 0.492 e. The zero-order valence-electron chi connectivity index (χ0n) is 21.9. The van der Waals surface area contributed by atoms with E-state index in [1.807, 2.05) is 0 Å². The molecule has 4 rings (SSSR count). The Labute approximate surface area is 227 Å². The lowest BCUT2D eigenvalue weighted by Crippen LogP contribution is -2.48. The molecule has 4 N–H and O–H groups in total. The van der Waals surface area contributed by atoms with E-state index < -0.39 is 11.9 Å². The summed E-state index contributed by atoms with van der Waals surface area (Å²) in [7, 11) is 0. The van der Waals surface area contributed by atoms with E-state index in [0.717, 1.165) is 0 Å². The van der Waals surface area contributed by atoms with Gasteiger partial charge in [-0.05, 0) is 43.9 Å². The van der Waals surface area contributed by atoms with Gasteiger partial charge in [0.15, 0.2) is 0 Å². The molecule has 1 aromatic heterocycles. The van der Waals surface area contributed by atoms with Crippen molar-refractivity contribution in [2.45, 2.75) is 38.1 Å². The fourth-order valence-corrected chi connectivity index (χ4v) is 4.62. The molecule has 2 aliphatic heterocycles. The third-order valence-corrected chi connectivity index (χ3v) is 6.76. The molecule has 0 saturated carbocycles. The van der Waals surface area contributed by atoms with Crippen molar-refractivity contribution >= 4 is 23.6 Å². The first kappa shape index (κ1) is 28.1. The summed E-state index contributed by atoms with van der Waals surface area (Å²) in [5, 5.41) is 8.52. The van der Waals surface area contributed by atoms with Gasteiger partial charge in [0.1, 0.15) is 18.4 Å². The SMILES string of the molecule is O=C1CN(C(=O)C2CCOCC2)CCCCNC(=O)[C@H](Cc2cnc[nH]2)NC(=O)c2cccc(c2)OCCN1. The summed E-state index contributed by atoms with van der Waals surface area (Å²) >= 11 is 0. The minimum absolute atomic E-state index is 0.0390. The molecule has 0 unspecified atom stereocenters. The zero-order valence-corrected chi connectivity index (χ0v) is 21.9. The third-order valence-electron chi connectivity index (χ3n) is 6.76. The molecule has 12 heteroatoms. The van der Waals surface area contributed by atoms with Crippen molar-refractivity contribution in [1.29, 1.82) is 0 Å². The maximum Gasteiger partial charge on any atom is 0.252 e.